The van der Waals surface area contributed by atoms with Crippen LogP contribution < -0.4 is 10.6 Å². The molecule has 0 unspecified atom stereocenters. The molecule has 186 valence electrons. The fourth-order valence-corrected chi connectivity index (χ4v) is 5.47. The molecule has 34 heavy (non-hydrogen) atoms. The molecule has 0 saturated carbocycles. The standard InChI is InChI=1S/C27H39N3O4/c1-27(2)33-24-23(31)25(32-26(24)34-27)29-17-11-5-3-4-10-16-28-22-18-12-6-8-14-20(18)30-21-15-9-7-13-19(21)22/h6,8,12,14,23-26,29,31H,3-5,7,9-11,13,15-17H2,1-2H3,(H,28,30)/t23-,24-,25+,26-/m1/s1. The Hall–Kier alpha value is -1.77. The topological polar surface area (TPSA) is 84.9 Å². The second kappa shape index (κ2) is 10.5. The maximum Gasteiger partial charge on any atom is 0.191 e. The number of rotatable bonds is 10. The van der Waals surface area contributed by atoms with Crippen molar-refractivity contribution in [3.05, 3.63) is 35.5 Å². The van der Waals surface area contributed by atoms with Crippen molar-refractivity contribution >= 4 is 16.6 Å². The first-order valence-corrected chi connectivity index (χ1v) is 13.1. The molecular weight excluding hydrogens is 430 g/mol. The maximum absolute atomic E-state index is 10.4. The van der Waals surface area contributed by atoms with Crippen molar-refractivity contribution in [1.29, 1.82) is 0 Å². The SMILES string of the molecule is CC1(C)O[C@H]2O[C@H](NCCCCCCCNc3c4c(nc5ccccc35)CCCC4)[C@H](O)[C@H]2O1. The van der Waals surface area contributed by atoms with Gasteiger partial charge in [-0.1, -0.05) is 37.5 Å². The smallest absolute Gasteiger partial charge is 0.191 e. The monoisotopic (exact) mass is 469 g/mol. The third-order valence-corrected chi connectivity index (χ3v) is 7.19. The van der Waals surface area contributed by atoms with Crippen molar-refractivity contribution < 1.29 is 19.3 Å². The van der Waals surface area contributed by atoms with Crippen LogP contribution in [0.1, 0.15) is 70.1 Å². The lowest BCUT2D eigenvalue weighted by Gasteiger charge is -2.23. The van der Waals surface area contributed by atoms with Gasteiger partial charge >= 0.3 is 0 Å². The number of hydrogen-bond donors (Lipinski definition) is 3. The lowest BCUT2D eigenvalue weighted by Crippen LogP contribution is -2.43. The molecule has 7 nitrogen and oxygen atoms in total. The molecule has 5 rings (SSSR count). The molecule has 1 aromatic heterocycles. The molecule has 3 N–H and O–H groups in total. The van der Waals surface area contributed by atoms with Gasteiger partial charge in [0, 0.05) is 23.3 Å². The van der Waals surface area contributed by atoms with Crippen LogP contribution in [0.3, 0.4) is 0 Å². The van der Waals surface area contributed by atoms with Crippen molar-refractivity contribution in [1.82, 2.24) is 10.3 Å². The number of ether oxygens (including phenoxy) is 3. The largest absolute Gasteiger partial charge is 0.386 e. The highest BCUT2D eigenvalue weighted by molar-refractivity contribution is 5.93. The molecule has 4 atom stereocenters. The minimum absolute atomic E-state index is 0.414. The van der Waals surface area contributed by atoms with Gasteiger partial charge in [0.2, 0.25) is 0 Å². The average molecular weight is 470 g/mol. The van der Waals surface area contributed by atoms with Gasteiger partial charge in [0.25, 0.3) is 0 Å². The summed E-state index contributed by atoms with van der Waals surface area (Å²) in [6.45, 7) is 5.50. The molecule has 3 aliphatic rings. The minimum atomic E-state index is -0.701. The molecule has 2 fully saturated rings. The third-order valence-electron chi connectivity index (χ3n) is 7.19. The molecule has 2 aliphatic heterocycles. The van der Waals surface area contributed by atoms with Crippen LogP contribution >= 0.6 is 0 Å². The van der Waals surface area contributed by atoms with E-state index >= 15 is 0 Å². The number of aromatic nitrogens is 1. The number of unbranched alkanes of at least 4 members (excludes halogenated alkanes) is 4. The van der Waals surface area contributed by atoms with E-state index in [4.69, 9.17) is 19.2 Å². The zero-order valence-corrected chi connectivity index (χ0v) is 20.5. The molecule has 0 spiro atoms. The maximum atomic E-state index is 10.4. The second-order valence-electron chi connectivity index (χ2n) is 10.3. The Bertz CT molecular complexity index is 982. The van der Waals surface area contributed by atoms with Crippen LogP contribution in [0.2, 0.25) is 0 Å². The first-order chi connectivity index (χ1) is 16.5. The van der Waals surface area contributed by atoms with E-state index in [0.29, 0.717) is 0 Å². The van der Waals surface area contributed by atoms with Gasteiger partial charge in [-0.15, -0.1) is 0 Å². The van der Waals surface area contributed by atoms with Gasteiger partial charge in [0.1, 0.15) is 18.4 Å². The Labute approximate surface area is 202 Å². The van der Waals surface area contributed by atoms with Crippen molar-refractivity contribution in [3.63, 3.8) is 0 Å². The molecule has 0 bridgehead atoms. The molecule has 2 aromatic rings. The van der Waals surface area contributed by atoms with Gasteiger partial charge in [-0.2, -0.15) is 0 Å². The number of aliphatic hydroxyl groups is 1. The van der Waals surface area contributed by atoms with E-state index in [1.807, 2.05) is 13.8 Å². The normalized spacial score (nSPS) is 27.6. The Kier molecular flexibility index (Phi) is 7.37. The Morgan fingerprint density at radius 3 is 2.62 bits per heavy atom. The van der Waals surface area contributed by atoms with E-state index in [0.717, 1.165) is 50.7 Å². The zero-order valence-electron chi connectivity index (χ0n) is 20.5. The van der Waals surface area contributed by atoms with E-state index in [-0.39, 0.29) is 0 Å². The van der Waals surface area contributed by atoms with Crippen LogP contribution in [-0.2, 0) is 27.1 Å². The summed E-state index contributed by atoms with van der Waals surface area (Å²) in [4.78, 5) is 4.93. The van der Waals surface area contributed by atoms with Gasteiger partial charge in [0.05, 0.1) is 5.52 Å². The Balaban J connectivity index is 0.994. The van der Waals surface area contributed by atoms with Gasteiger partial charge < -0.3 is 24.6 Å². The van der Waals surface area contributed by atoms with E-state index in [2.05, 4.69) is 34.9 Å². The summed E-state index contributed by atoms with van der Waals surface area (Å²) in [5.41, 5.74) is 5.17. The lowest BCUT2D eigenvalue weighted by atomic mass is 9.92. The highest BCUT2D eigenvalue weighted by Gasteiger charge is 2.54. The minimum Gasteiger partial charge on any atom is -0.386 e. The number of anilines is 1. The lowest BCUT2D eigenvalue weighted by molar-refractivity contribution is -0.218. The van der Waals surface area contributed by atoms with E-state index in [9.17, 15) is 5.11 Å². The number of fused-ring (bicyclic) bond motifs is 3. The van der Waals surface area contributed by atoms with Crippen molar-refractivity contribution in [2.75, 3.05) is 18.4 Å². The number of benzene rings is 1. The van der Waals surface area contributed by atoms with Gasteiger partial charge in [-0.25, -0.2) is 0 Å². The summed E-state index contributed by atoms with van der Waals surface area (Å²) in [6, 6.07) is 8.52. The predicted molar refractivity (Wildman–Crippen MR) is 133 cm³/mol. The molecule has 3 heterocycles. The summed E-state index contributed by atoms with van der Waals surface area (Å²) in [7, 11) is 0. The van der Waals surface area contributed by atoms with Crippen LogP contribution in [0, 0.1) is 0 Å². The molecule has 2 saturated heterocycles. The predicted octanol–water partition coefficient (Wildman–Crippen LogP) is 4.26. The van der Waals surface area contributed by atoms with Crippen LogP contribution in [0.5, 0.6) is 0 Å². The third kappa shape index (κ3) is 5.24. The first kappa shape index (κ1) is 23.9. The fraction of sp³-hybridized carbons (Fsp3) is 0.667. The van der Waals surface area contributed by atoms with Crippen molar-refractivity contribution in [3.8, 4) is 0 Å². The second-order valence-corrected chi connectivity index (χ2v) is 10.3. The van der Waals surface area contributed by atoms with Crippen LogP contribution in [0.25, 0.3) is 10.9 Å². The number of aryl methyl sites for hydroxylation is 1. The average Bonchev–Trinajstić information content (AvgIpc) is 3.28. The number of hydrogen-bond acceptors (Lipinski definition) is 7. The van der Waals surface area contributed by atoms with Crippen molar-refractivity contribution in [2.24, 2.45) is 0 Å². The summed E-state index contributed by atoms with van der Waals surface area (Å²) in [5, 5.41) is 18.8. The molecule has 0 radical (unpaired) electrons. The molecular formula is C27H39N3O4. The highest BCUT2D eigenvalue weighted by atomic mass is 16.8. The van der Waals surface area contributed by atoms with Crippen molar-refractivity contribution in [2.45, 2.75) is 102 Å². The summed E-state index contributed by atoms with van der Waals surface area (Å²) in [5.74, 6) is -0.694. The number of nitrogens with one attached hydrogen (secondary N) is 2. The molecule has 7 heteroatoms. The number of nitrogens with zero attached hydrogens (tertiary/aromatic N) is 1. The number of aliphatic hydroxyl groups excluding tert-OH is 1. The molecule has 1 aliphatic carbocycles. The van der Waals surface area contributed by atoms with Gasteiger partial charge in [-0.05, 0) is 70.5 Å². The first-order valence-electron chi connectivity index (χ1n) is 13.1. The molecule has 0 amide bonds. The van der Waals surface area contributed by atoms with Gasteiger partial charge in [-0.3, -0.25) is 10.3 Å². The summed E-state index contributed by atoms with van der Waals surface area (Å²) in [6.07, 6.45) is 8.53. The van der Waals surface area contributed by atoms with E-state index < -0.39 is 30.5 Å². The Morgan fingerprint density at radius 1 is 1.00 bits per heavy atom. The van der Waals surface area contributed by atoms with Crippen LogP contribution in [0.4, 0.5) is 5.69 Å². The quantitative estimate of drug-likeness (QED) is 0.448. The summed E-state index contributed by atoms with van der Waals surface area (Å²) < 4.78 is 17.2. The Morgan fingerprint density at radius 2 is 1.76 bits per heavy atom. The molecule has 1 aromatic carbocycles. The number of para-hydroxylation sites is 1. The van der Waals surface area contributed by atoms with E-state index in [1.165, 1.54) is 48.0 Å². The summed E-state index contributed by atoms with van der Waals surface area (Å²) >= 11 is 0. The number of pyridine rings is 1. The van der Waals surface area contributed by atoms with Crippen LogP contribution in [-0.4, -0.2) is 53.7 Å². The van der Waals surface area contributed by atoms with E-state index in [1.54, 1.807) is 0 Å². The fourth-order valence-electron chi connectivity index (χ4n) is 5.47. The van der Waals surface area contributed by atoms with Crippen LogP contribution in [0.15, 0.2) is 24.3 Å². The van der Waals surface area contributed by atoms with Gasteiger partial charge in [0.15, 0.2) is 12.1 Å². The zero-order chi connectivity index (χ0) is 23.5. The highest BCUT2D eigenvalue weighted by Crippen LogP contribution is 2.37.